The molecule has 1 aliphatic heterocycles. The number of aliphatic hydroxyl groups excluding tert-OH is 4. The van der Waals surface area contributed by atoms with E-state index in [-0.39, 0.29) is 25.6 Å². The fraction of sp³-hybridized carbons (Fsp3) is 0.500. The summed E-state index contributed by atoms with van der Waals surface area (Å²) >= 11 is 0. The zero-order chi connectivity index (χ0) is 22.2. The van der Waals surface area contributed by atoms with Gasteiger partial charge in [-0.3, -0.25) is 4.90 Å². The van der Waals surface area contributed by atoms with Crippen LogP contribution < -0.4 is 0 Å². The van der Waals surface area contributed by atoms with Gasteiger partial charge in [0, 0.05) is 18.7 Å². The van der Waals surface area contributed by atoms with E-state index >= 15 is 0 Å². The van der Waals surface area contributed by atoms with E-state index in [1.54, 1.807) is 6.07 Å². The van der Waals surface area contributed by atoms with Crippen LogP contribution >= 0.6 is 0 Å². The second-order valence-electron chi connectivity index (χ2n) is 8.08. The average molecular weight is 434 g/mol. The molecule has 7 heteroatoms. The normalized spacial score (nSPS) is 24.4. The van der Waals surface area contributed by atoms with Gasteiger partial charge in [0.15, 0.2) is 0 Å². The summed E-state index contributed by atoms with van der Waals surface area (Å²) in [6, 6.07) is 14.3. The van der Waals surface area contributed by atoms with Crippen molar-refractivity contribution in [1.82, 2.24) is 4.90 Å². The Morgan fingerprint density at radius 3 is 2.42 bits per heavy atom. The van der Waals surface area contributed by atoms with Crippen molar-refractivity contribution in [2.75, 3.05) is 26.3 Å². The lowest BCUT2D eigenvalue weighted by atomic mass is 9.94. The molecule has 0 saturated carbocycles. The summed E-state index contributed by atoms with van der Waals surface area (Å²) in [6.45, 7) is 1.27. The maximum Gasteiger partial charge on any atom is 0.129 e. The molecule has 6 nitrogen and oxygen atoms in total. The van der Waals surface area contributed by atoms with Crippen LogP contribution in [-0.4, -0.2) is 76.0 Å². The van der Waals surface area contributed by atoms with Crippen molar-refractivity contribution in [3.8, 4) is 11.1 Å². The SMILES string of the molecule is OCC1C(O)C(O)C(O)CN1CCCCCOCc1ccc(-c2ccccc2)cc1F. The van der Waals surface area contributed by atoms with Crippen LogP contribution in [-0.2, 0) is 11.3 Å². The van der Waals surface area contributed by atoms with Crippen LogP contribution in [0.2, 0.25) is 0 Å². The van der Waals surface area contributed by atoms with E-state index in [1.165, 1.54) is 6.07 Å². The summed E-state index contributed by atoms with van der Waals surface area (Å²) in [7, 11) is 0. The molecule has 31 heavy (non-hydrogen) atoms. The van der Waals surface area contributed by atoms with Gasteiger partial charge in [-0.2, -0.15) is 0 Å². The first-order valence-electron chi connectivity index (χ1n) is 10.8. The molecular formula is C24H32FNO5. The van der Waals surface area contributed by atoms with Crippen LogP contribution in [0.15, 0.2) is 48.5 Å². The molecule has 4 unspecified atom stereocenters. The van der Waals surface area contributed by atoms with Gasteiger partial charge in [0.1, 0.15) is 18.0 Å². The molecular weight excluding hydrogens is 401 g/mol. The molecule has 0 amide bonds. The molecule has 3 rings (SSSR count). The van der Waals surface area contributed by atoms with E-state index < -0.39 is 24.4 Å². The van der Waals surface area contributed by atoms with Crippen molar-refractivity contribution in [2.45, 2.75) is 50.2 Å². The Balaban J connectivity index is 1.35. The molecule has 0 aliphatic carbocycles. The quantitative estimate of drug-likeness (QED) is 0.428. The van der Waals surface area contributed by atoms with E-state index in [1.807, 2.05) is 41.3 Å². The highest BCUT2D eigenvalue weighted by Gasteiger charge is 2.40. The van der Waals surface area contributed by atoms with Gasteiger partial charge in [-0.1, -0.05) is 42.5 Å². The number of hydrogen-bond donors (Lipinski definition) is 4. The third kappa shape index (κ3) is 6.32. The lowest BCUT2D eigenvalue weighted by Gasteiger charge is -2.43. The van der Waals surface area contributed by atoms with Crippen molar-refractivity contribution >= 4 is 0 Å². The fourth-order valence-electron chi connectivity index (χ4n) is 3.99. The minimum absolute atomic E-state index is 0.218. The van der Waals surface area contributed by atoms with Gasteiger partial charge in [-0.15, -0.1) is 0 Å². The number of piperidine rings is 1. The molecule has 0 spiro atoms. The monoisotopic (exact) mass is 433 g/mol. The molecule has 0 aromatic heterocycles. The Labute approximate surface area is 182 Å². The third-order valence-corrected chi connectivity index (χ3v) is 5.87. The van der Waals surface area contributed by atoms with Crippen LogP contribution in [0.1, 0.15) is 24.8 Å². The van der Waals surface area contributed by atoms with Crippen molar-refractivity contribution in [1.29, 1.82) is 0 Å². The topological polar surface area (TPSA) is 93.4 Å². The van der Waals surface area contributed by atoms with Gasteiger partial charge < -0.3 is 25.2 Å². The molecule has 2 aromatic carbocycles. The Hall–Kier alpha value is -1.87. The number of β-amino-alcohol motifs (C(OH)–C–C–N with tert-alkyl or cyclic N) is 1. The number of nitrogens with zero attached hydrogens (tertiary/aromatic N) is 1. The van der Waals surface area contributed by atoms with Crippen molar-refractivity contribution < 1.29 is 29.6 Å². The highest BCUT2D eigenvalue weighted by Crippen LogP contribution is 2.22. The molecule has 1 saturated heterocycles. The Bertz CT molecular complexity index is 806. The first kappa shape index (κ1) is 23.8. The summed E-state index contributed by atoms with van der Waals surface area (Å²) in [5.41, 5.74) is 2.34. The number of likely N-dealkylation sites (tertiary alicyclic amines) is 1. The second-order valence-corrected chi connectivity index (χ2v) is 8.08. The summed E-state index contributed by atoms with van der Waals surface area (Å²) < 4.78 is 20.0. The summed E-state index contributed by atoms with van der Waals surface area (Å²) in [5.74, 6) is -0.277. The molecule has 1 heterocycles. The number of hydrogen-bond acceptors (Lipinski definition) is 6. The lowest BCUT2D eigenvalue weighted by molar-refractivity contribution is -0.145. The van der Waals surface area contributed by atoms with Crippen molar-refractivity contribution in [2.24, 2.45) is 0 Å². The van der Waals surface area contributed by atoms with Crippen LogP contribution in [0.25, 0.3) is 11.1 Å². The van der Waals surface area contributed by atoms with E-state index in [9.17, 15) is 24.8 Å². The smallest absolute Gasteiger partial charge is 0.129 e. The molecule has 0 bridgehead atoms. The molecule has 1 aliphatic rings. The molecule has 1 fully saturated rings. The summed E-state index contributed by atoms with van der Waals surface area (Å²) in [5, 5.41) is 39.1. The standard InChI is InChI=1S/C24H32FNO5/c25-20-13-18(17-7-3-1-4-8-17)9-10-19(20)16-31-12-6-2-5-11-26-14-22(28)24(30)23(29)21(26)15-27/h1,3-4,7-10,13,21-24,27-30H,2,5-6,11-12,14-16H2. The minimum atomic E-state index is -1.23. The predicted octanol–water partition coefficient (Wildman–Crippen LogP) is 1.94. The van der Waals surface area contributed by atoms with Crippen LogP contribution in [0.5, 0.6) is 0 Å². The van der Waals surface area contributed by atoms with Crippen LogP contribution in [0, 0.1) is 5.82 Å². The molecule has 170 valence electrons. The van der Waals surface area contributed by atoms with E-state index in [4.69, 9.17) is 4.74 Å². The zero-order valence-corrected chi connectivity index (χ0v) is 17.6. The Morgan fingerprint density at radius 2 is 1.71 bits per heavy atom. The van der Waals surface area contributed by atoms with Gasteiger partial charge in [0.05, 0.1) is 25.4 Å². The van der Waals surface area contributed by atoms with Gasteiger partial charge in [0.2, 0.25) is 0 Å². The highest BCUT2D eigenvalue weighted by atomic mass is 19.1. The summed E-state index contributed by atoms with van der Waals surface area (Å²) in [6.07, 6.45) is -0.961. The molecule has 4 atom stereocenters. The summed E-state index contributed by atoms with van der Waals surface area (Å²) in [4.78, 5) is 1.81. The number of benzene rings is 2. The number of rotatable bonds is 10. The van der Waals surface area contributed by atoms with Gasteiger partial charge in [-0.25, -0.2) is 4.39 Å². The molecule has 0 radical (unpaired) electrons. The van der Waals surface area contributed by atoms with Crippen LogP contribution in [0.3, 0.4) is 0 Å². The minimum Gasteiger partial charge on any atom is -0.395 e. The molecule has 4 N–H and O–H groups in total. The largest absolute Gasteiger partial charge is 0.395 e. The lowest BCUT2D eigenvalue weighted by Crippen LogP contribution is -2.62. The zero-order valence-electron chi connectivity index (χ0n) is 17.6. The van der Waals surface area contributed by atoms with E-state index in [0.29, 0.717) is 18.7 Å². The third-order valence-electron chi connectivity index (χ3n) is 5.87. The Kier molecular flexibility index (Phi) is 8.95. The maximum absolute atomic E-state index is 14.4. The number of aliphatic hydroxyl groups is 4. The van der Waals surface area contributed by atoms with Crippen molar-refractivity contribution in [3.05, 3.63) is 59.9 Å². The average Bonchev–Trinajstić information content (AvgIpc) is 2.78. The maximum atomic E-state index is 14.4. The second kappa shape index (κ2) is 11.7. The fourth-order valence-corrected chi connectivity index (χ4v) is 3.99. The van der Waals surface area contributed by atoms with E-state index in [2.05, 4.69) is 0 Å². The predicted molar refractivity (Wildman–Crippen MR) is 116 cm³/mol. The molecule has 2 aromatic rings. The van der Waals surface area contributed by atoms with Crippen LogP contribution in [0.4, 0.5) is 4.39 Å². The first-order chi connectivity index (χ1) is 15.0. The first-order valence-corrected chi connectivity index (χ1v) is 10.8. The van der Waals surface area contributed by atoms with Gasteiger partial charge >= 0.3 is 0 Å². The van der Waals surface area contributed by atoms with Crippen molar-refractivity contribution in [3.63, 3.8) is 0 Å². The van der Waals surface area contributed by atoms with Gasteiger partial charge in [0.25, 0.3) is 0 Å². The number of ether oxygens (including phenoxy) is 1. The van der Waals surface area contributed by atoms with E-state index in [0.717, 1.165) is 30.4 Å². The Morgan fingerprint density at radius 1 is 0.935 bits per heavy atom. The number of halogens is 1. The van der Waals surface area contributed by atoms with Gasteiger partial charge in [-0.05, 0) is 43.0 Å². The highest BCUT2D eigenvalue weighted by molar-refractivity contribution is 5.63. The number of unbranched alkanes of at least 4 members (excludes halogenated alkanes) is 2.